The number of rotatable bonds is 1. The van der Waals surface area contributed by atoms with Crippen LogP contribution in [0, 0.1) is 0 Å². The summed E-state index contributed by atoms with van der Waals surface area (Å²) in [5.41, 5.74) is 5.44. The zero-order valence-electron chi connectivity index (χ0n) is 5.60. The SMILES string of the molecule is Cl.NC[C@H]1CCCCN1. The van der Waals surface area contributed by atoms with E-state index in [0.717, 1.165) is 6.54 Å². The van der Waals surface area contributed by atoms with Crippen LogP contribution in [0.15, 0.2) is 0 Å². The number of nitrogens with one attached hydrogen (secondary N) is 1. The summed E-state index contributed by atoms with van der Waals surface area (Å²) in [7, 11) is 0. The van der Waals surface area contributed by atoms with E-state index >= 15 is 0 Å². The summed E-state index contributed by atoms with van der Waals surface area (Å²) in [4.78, 5) is 0. The zero-order chi connectivity index (χ0) is 5.82. The first-order valence-electron chi connectivity index (χ1n) is 3.37. The summed E-state index contributed by atoms with van der Waals surface area (Å²) in [5, 5.41) is 3.34. The second-order valence-electron chi connectivity index (χ2n) is 2.38. The lowest BCUT2D eigenvalue weighted by atomic mass is 10.1. The van der Waals surface area contributed by atoms with Gasteiger partial charge in [-0.25, -0.2) is 0 Å². The average molecular weight is 151 g/mol. The Morgan fingerprint density at radius 3 is 2.56 bits per heavy atom. The minimum absolute atomic E-state index is 0. The molecule has 0 aromatic rings. The highest BCUT2D eigenvalue weighted by molar-refractivity contribution is 5.85. The third-order valence-corrected chi connectivity index (χ3v) is 1.70. The van der Waals surface area contributed by atoms with Crippen LogP contribution in [0.3, 0.4) is 0 Å². The van der Waals surface area contributed by atoms with E-state index in [9.17, 15) is 0 Å². The van der Waals surface area contributed by atoms with Crippen LogP contribution in [0.25, 0.3) is 0 Å². The number of piperidine rings is 1. The summed E-state index contributed by atoms with van der Waals surface area (Å²) >= 11 is 0. The number of hydrogen-bond acceptors (Lipinski definition) is 2. The molecule has 1 rings (SSSR count). The van der Waals surface area contributed by atoms with Crippen molar-refractivity contribution >= 4 is 12.4 Å². The molecule has 3 heteroatoms. The van der Waals surface area contributed by atoms with Gasteiger partial charge in [-0.1, -0.05) is 6.42 Å². The highest BCUT2D eigenvalue weighted by Crippen LogP contribution is 2.04. The second-order valence-corrected chi connectivity index (χ2v) is 2.38. The highest BCUT2D eigenvalue weighted by Gasteiger charge is 2.08. The van der Waals surface area contributed by atoms with Crippen LogP contribution in [-0.4, -0.2) is 19.1 Å². The van der Waals surface area contributed by atoms with Crippen molar-refractivity contribution in [2.24, 2.45) is 5.73 Å². The summed E-state index contributed by atoms with van der Waals surface area (Å²) < 4.78 is 0. The summed E-state index contributed by atoms with van der Waals surface area (Å²) in [6.45, 7) is 1.97. The van der Waals surface area contributed by atoms with Gasteiger partial charge >= 0.3 is 0 Å². The Labute approximate surface area is 62.6 Å². The summed E-state index contributed by atoms with van der Waals surface area (Å²) in [6, 6.07) is 0.615. The van der Waals surface area contributed by atoms with Crippen LogP contribution in [0.2, 0.25) is 0 Å². The zero-order valence-corrected chi connectivity index (χ0v) is 6.41. The van der Waals surface area contributed by atoms with Crippen molar-refractivity contribution in [1.29, 1.82) is 0 Å². The van der Waals surface area contributed by atoms with Crippen LogP contribution in [0.1, 0.15) is 19.3 Å². The van der Waals surface area contributed by atoms with E-state index in [0.29, 0.717) is 6.04 Å². The maximum Gasteiger partial charge on any atom is 0.0190 e. The fourth-order valence-corrected chi connectivity index (χ4v) is 1.13. The number of nitrogens with two attached hydrogens (primary N) is 1. The molecule has 0 aromatic carbocycles. The first-order chi connectivity index (χ1) is 3.93. The second kappa shape index (κ2) is 5.03. The summed E-state index contributed by atoms with van der Waals surface area (Å²) in [5.74, 6) is 0. The van der Waals surface area contributed by atoms with Gasteiger partial charge in [-0.2, -0.15) is 0 Å². The highest BCUT2D eigenvalue weighted by atomic mass is 35.5. The lowest BCUT2D eigenvalue weighted by Gasteiger charge is -2.21. The molecular formula is C6H15ClN2. The number of hydrogen-bond donors (Lipinski definition) is 2. The molecule has 0 aromatic heterocycles. The van der Waals surface area contributed by atoms with Gasteiger partial charge in [0, 0.05) is 12.6 Å². The molecular weight excluding hydrogens is 136 g/mol. The summed E-state index contributed by atoms with van der Waals surface area (Å²) in [6.07, 6.45) is 3.96. The van der Waals surface area contributed by atoms with E-state index in [4.69, 9.17) is 5.73 Å². The van der Waals surface area contributed by atoms with Crippen LogP contribution in [-0.2, 0) is 0 Å². The monoisotopic (exact) mass is 150 g/mol. The molecule has 1 heterocycles. The van der Waals surface area contributed by atoms with Gasteiger partial charge in [0.15, 0.2) is 0 Å². The topological polar surface area (TPSA) is 38.0 Å². The van der Waals surface area contributed by atoms with Gasteiger partial charge in [0.2, 0.25) is 0 Å². The van der Waals surface area contributed by atoms with Crippen LogP contribution in [0.4, 0.5) is 0 Å². The molecule has 0 unspecified atom stereocenters. The minimum Gasteiger partial charge on any atom is -0.329 e. The maximum atomic E-state index is 5.44. The molecule has 0 radical (unpaired) electrons. The van der Waals surface area contributed by atoms with Gasteiger partial charge in [0.25, 0.3) is 0 Å². The molecule has 9 heavy (non-hydrogen) atoms. The molecule has 1 saturated heterocycles. The van der Waals surface area contributed by atoms with Crippen molar-refractivity contribution in [2.45, 2.75) is 25.3 Å². The van der Waals surface area contributed by atoms with Crippen LogP contribution < -0.4 is 11.1 Å². The molecule has 1 atom stereocenters. The minimum atomic E-state index is 0. The first-order valence-corrected chi connectivity index (χ1v) is 3.37. The van der Waals surface area contributed by atoms with Crippen LogP contribution >= 0.6 is 12.4 Å². The van der Waals surface area contributed by atoms with Gasteiger partial charge < -0.3 is 11.1 Å². The Morgan fingerprint density at radius 1 is 1.44 bits per heavy atom. The van der Waals surface area contributed by atoms with Crippen molar-refractivity contribution in [3.05, 3.63) is 0 Å². The van der Waals surface area contributed by atoms with Crippen molar-refractivity contribution < 1.29 is 0 Å². The third kappa shape index (κ3) is 3.04. The first kappa shape index (κ1) is 9.21. The van der Waals surface area contributed by atoms with Gasteiger partial charge in [-0.15, -0.1) is 12.4 Å². The largest absolute Gasteiger partial charge is 0.329 e. The van der Waals surface area contributed by atoms with E-state index in [2.05, 4.69) is 5.32 Å². The smallest absolute Gasteiger partial charge is 0.0190 e. The Bertz CT molecular complexity index is 62.1. The Hall–Kier alpha value is 0.210. The molecule has 0 spiro atoms. The molecule has 1 fully saturated rings. The number of halogens is 1. The van der Waals surface area contributed by atoms with Crippen molar-refractivity contribution in [1.82, 2.24) is 5.32 Å². The van der Waals surface area contributed by atoms with E-state index < -0.39 is 0 Å². The average Bonchev–Trinajstić information content (AvgIpc) is 1.90. The van der Waals surface area contributed by atoms with Crippen molar-refractivity contribution in [3.8, 4) is 0 Å². The lowest BCUT2D eigenvalue weighted by molar-refractivity contribution is 0.407. The third-order valence-electron chi connectivity index (χ3n) is 1.70. The molecule has 1 aliphatic heterocycles. The maximum absolute atomic E-state index is 5.44. The van der Waals surface area contributed by atoms with E-state index in [1.165, 1.54) is 25.8 Å². The molecule has 56 valence electrons. The van der Waals surface area contributed by atoms with Crippen LogP contribution in [0.5, 0.6) is 0 Å². The van der Waals surface area contributed by atoms with Gasteiger partial charge in [-0.05, 0) is 19.4 Å². The fraction of sp³-hybridized carbons (Fsp3) is 1.00. The predicted molar refractivity (Wildman–Crippen MR) is 41.9 cm³/mol. The molecule has 2 nitrogen and oxygen atoms in total. The van der Waals surface area contributed by atoms with Crippen molar-refractivity contribution in [2.75, 3.05) is 13.1 Å². The molecule has 0 amide bonds. The quantitative estimate of drug-likeness (QED) is 0.572. The van der Waals surface area contributed by atoms with Gasteiger partial charge in [0.05, 0.1) is 0 Å². The van der Waals surface area contributed by atoms with E-state index in [1.54, 1.807) is 0 Å². The van der Waals surface area contributed by atoms with Gasteiger partial charge in [-0.3, -0.25) is 0 Å². The Kier molecular flexibility index (Phi) is 5.15. The van der Waals surface area contributed by atoms with E-state index in [-0.39, 0.29) is 12.4 Å². The predicted octanol–water partition coefficient (Wildman–Crippen LogP) is 0.509. The standard InChI is InChI=1S/C6H14N2.ClH/c7-5-6-3-1-2-4-8-6;/h6,8H,1-5,7H2;1H/t6-;/m1./s1. The van der Waals surface area contributed by atoms with Gasteiger partial charge in [0.1, 0.15) is 0 Å². The normalized spacial score (nSPS) is 27.0. The van der Waals surface area contributed by atoms with E-state index in [1.807, 2.05) is 0 Å². The fourth-order valence-electron chi connectivity index (χ4n) is 1.13. The Morgan fingerprint density at radius 2 is 2.22 bits per heavy atom. The van der Waals surface area contributed by atoms with Crippen molar-refractivity contribution in [3.63, 3.8) is 0 Å². The molecule has 0 bridgehead atoms. The lowest BCUT2D eigenvalue weighted by Crippen LogP contribution is -2.39. The molecule has 0 aliphatic carbocycles. The Balaban J connectivity index is 0.000000640. The molecule has 3 N–H and O–H groups in total. The molecule has 0 saturated carbocycles. The molecule has 1 aliphatic rings.